The highest BCUT2D eigenvalue weighted by Gasteiger charge is 2.47. The van der Waals surface area contributed by atoms with Crippen LogP contribution in [0.1, 0.15) is 18.2 Å². The first-order valence-corrected chi connectivity index (χ1v) is 10.3. The largest absolute Gasteiger partial charge is 0.544 e. The Morgan fingerprint density at radius 1 is 1.09 bits per heavy atom. The Kier molecular flexibility index (Phi) is 6.52. The van der Waals surface area contributed by atoms with Crippen molar-refractivity contribution in [2.45, 2.75) is 18.8 Å². The number of halogens is 6. The maximum absolute atomic E-state index is 14.1. The van der Waals surface area contributed by atoms with Crippen molar-refractivity contribution in [3.63, 3.8) is 0 Å². The Morgan fingerprint density at radius 2 is 1.59 bits per heavy atom. The van der Waals surface area contributed by atoms with Gasteiger partial charge in [0.05, 0.1) is 15.7 Å². The molecule has 1 aromatic heterocycles. The summed E-state index contributed by atoms with van der Waals surface area (Å²) in [5.41, 5.74) is -4.82. The van der Waals surface area contributed by atoms with E-state index in [0.717, 1.165) is 6.92 Å². The molecule has 1 heterocycles. The summed E-state index contributed by atoms with van der Waals surface area (Å²) in [6, 6.07) is 12.6. The van der Waals surface area contributed by atoms with Crippen molar-refractivity contribution in [1.29, 1.82) is 5.26 Å². The average Bonchev–Trinajstić information content (AvgIpc) is 3.03. The first kappa shape index (κ1) is 24.0. The highest BCUT2D eigenvalue weighted by Crippen LogP contribution is 2.46. The number of carbonyl (C=O) groups excluding carboxylic acids is 1. The van der Waals surface area contributed by atoms with Gasteiger partial charge in [-0.15, -0.1) is 0 Å². The highest BCUT2D eigenvalue weighted by molar-refractivity contribution is 9.10. The number of hydrogen-bond donors (Lipinski definition) is 0. The van der Waals surface area contributed by atoms with Crippen LogP contribution in [0.5, 0.6) is 5.75 Å². The van der Waals surface area contributed by atoms with Crippen LogP contribution in [0.3, 0.4) is 0 Å². The van der Waals surface area contributed by atoms with E-state index in [1.807, 2.05) is 0 Å². The van der Waals surface area contributed by atoms with E-state index in [2.05, 4.69) is 15.9 Å². The van der Waals surface area contributed by atoms with E-state index in [4.69, 9.17) is 27.9 Å². The lowest BCUT2D eigenvalue weighted by atomic mass is 10.1. The van der Waals surface area contributed by atoms with Gasteiger partial charge in [-0.2, -0.15) is 18.4 Å². The number of alkyl halides is 3. The molecular formula is C21H11BrCl2F3N2O3-. The summed E-state index contributed by atoms with van der Waals surface area (Å²) in [6.07, 6.45) is -5.06. The van der Waals surface area contributed by atoms with Gasteiger partial charge in [-0.05, 0) is 57.9 Å². The lowest BCUT2D eigenvalue weighted by Gasteiger charge is -2.36. The van der Waals surface area contributed by atoms with E-state index in [1.54, 1.807) is 6.07 Å². The smallest absolute Gasteiger partial charge is 0.432 e. The molecule has 2 aromatic carbocycles. The second kappa shape index (κ2) is 8.70. The molecule has 0 aliphatic rings. The zero-order valence-electron chi connectivity index (χ0n) is 16.0. The molecule has 3 aromatic rings. The number of hydrogen-bond acceptors (Lipinski definition) is 4. The molecule has 0 saturated heterocycles. The molecule has 11 heteroatoms. The Balaban J connectivity index is 2.42. The molecule has 5 nitrogen and oxygen atoms in total. The predicted molar refractivity (Wildman–Crippen MR) is 113 cm³/mol. The van der Waals surface area contributed by atoms with Crippen molar-refractivity contribution in [3.05, 3.63) is 74.3 Å². The minimum atomic E-state index is -5.06. The van der Waals surface area contributed by atoms with Gasteiger partial charge >= 0.3 is 6.18 Å². The number of carboxylic acids is 1. The molecule has 0 aliphatic heterocycles. The average molecular weight is 547 g/mol. The van der Waals surface area contributed by atoms with Crippen LogP contribution in [0.4, 0.5) is 13.2 Å². The minimum absolute atomic E-state index is 0.0837. The summed E-state index contributed by atoms with van der Waals surface area (Å²) in [4.78, 5) is 12.2. The van der Waals surface area contributed by atoms with Crippen molar-refractivity contribution in [1.82, 2.24) is 4.57 Å². The predicted octanol–water partition coefficient (Wildman–Crippen LogP) is 5.62. The Labute approximate surface area is 198 Å². The maximum Gasteiger partial charge on any atom is 0.432 e. The summed E-state index contributed by atoms with van der Waals surface area (Å²) < 4.78 is 47.7. The zero-order chi connectivity index (χ0) is 23.8. The van der Waals surface area contributed by atoms with Gasteiger partial charge in [0.25, 0.3) is 0 Å². The first-order valence-electron chi connectivity index (χ1n) is 8.74. The number of aliphatic carboxylic acids is 1. The number of aromatic nitrogens is 1. The number of carbonyl (C=O) groups is 1. The SMILES string of the molecule is CC(Oc1ccc(Cl)cc1)(C(=O)[O-])n1c(-c2ccc(Cl)cc2)c(C#N)c(Br)c1C(F)(F)F. The topological polar surface area (TPSA) is 78.1 Å². The molecule has 0 aliphatic carbocycles. The van der Waals surface area contributed by atoms with Gasteiger partial charge in [-0.25, -0.2) is 0 Å². The number of ether oxygens (including phenoxy) is 1. The normalized spacial score (nSPS) is 13.3. The molecule has 0 radical (unpaired) electrons. The van der Waals surface area contributed by atoms with Gasteiger partial charge < -0.3 is 14.6 Å². The summed E-state index contributed by atoms with van der Waals surface area (Å²) in [5, 5.41) is 22.5. The van der Waals surface area contributed by atoms with E-state index < -0.39 is 33.6 Å². The molecule has 32 heavy (non-hydrogen) atoms. The molecule has 1 unspecified atom stereocenters. The van der Waals surface area contributed by atoms with Crippen LogP contribution >= 0.6 is 39.1 Å². The summed E-state index contributed by atoms with van der Waals surface area (Å²) in [6.45, 7) is 0.902. The van der Waals surface area contributed by atoms with Crippen LogP contribution in [0.25, 0.3) is 11.3 Å². The van der Waals surface area contributed by atoms with Crippen LogP contribution in [0, 0.1) is 11.3 Å². The van der Waals surface area contributed by atoms with E-state index in [0.29, 0.717) is 14.6 Å². The molecule has 166 valence electrons. The Morgan fingerprint density at radius 3 is 2.03 bits per heavy atom. The van der Waals surface area contributed by atoms with Crippen LogP contribution in [0.2, 0.25) is 10.0 Å². The fraction of sp³-hybridized carbons (Fsp3) is 0.143. The molecule has 0 fully saturated rings. The van der Waals surface area contributed by atoms with Gasteiger partial charge in [0.2, 0.25) is 5.72 Å². The lowest BCUT2D eigenvalue weighted by molar-refractivity contribution is -0.329. The van der Waals surface area contributed by atoms with Crippen LogP contribution in [0.15, 0.2) is 53.0 Å². The van der Waals surface area contributed by atoms with E-state index in [1.165, 1.54) is 48.5 Å². The Bertz CT molecular complexity index is 1220. The number of benzene rings is 2. The molecule has 0 saturated carbocycles. The fourth-order valence-electron chi connectivity index (χ4n) is 3.12. The van der Waals surface area contributed by atoms with Gasteiger partial charge in [0.15, 0.2) is 0 Å². The van der Waals surface area contributed by atoms with Crippen molar-refractivity contribution in [2.75, 3.05) is 0 Å². The quantitative estimate of drug-likeness (QED) is 0.416. The van der Waals surface area contributed by atoms with Crippen molar-refractivity contribution in [2.24, 2.45) is 0 Å². The zero-order valence-corrected chi connectivity index (χ0v) is 19.1. The Hall–Kier alpha value is -2.67. The number of nitrogens with zero attached hydrogens (tertiary/aromatic N) is 2. The standard InChI is InChI=1S/C21H12BrCl2F3N2O3/c1-20(19(30)31,32-14-8-6-13(24)7-9-14)29-17(11-2-4-12(23)5-3-11)15(10-28)16(22)18(29)21(25,26)27/h2-9H,1H3,(H,30,31)/p-1. The second-order valence-electron chi connectivity index (χ2n) is 6.66. The third-order valence-corrected chi connectivity index (χ3v) is 5.82. The van der Waals surface area contributed by atoms with Crippen LogP contribution in [-0.2, 0) is 16.7 Å². The van der Waals surface area contributed by atoms with E-state index >= 15 is 0 Å². The van der Waals surface area contributed by atoms with Crippen molar-refractivity contribution in [3.8, 4) is 23.1 Å². The minimum Gasteiger partial charge on any atom is -0.544 e. The molecular weight excluding hydrogens is 536 g/mol. The number of carboxylic acid groups (broad SMARTS) is 1. The van der Waals surface area contributed by atoms with E-state index in [9.17, 15) is 28.3 Å². The molecule has 0 spiro atoms. The van der Waals surface area contributed by atoms with Gasteiger partial charge in [0, 0.05) is 17.0 Å². The molecule has 0 amide bonds. The summed E-state index contributed by atoms with van der Waals surface area (Å²) >= 11 is 14.5. The van der Waals surface area contributed by atoms with Crippen molar-refractivity contribution < 1.29 is 27.8 Å². The number of nitriles is 1. The summed E-state index contributed by atoms with van der Waals surface area (Å²) in [7, 11) is 0. The molecule has 3 rings (SSSR count). The maximum atomic E-state index is 14.1. The first-order chi connectivity index (χ1) is 14.9. The molecule has 0 bridgehead atoms. The lowest BCUT2D eigenvalue weighted by Crippen LogP contribution is -2.53. The van der Waals surface area contributed by atoms with E-state index in [-0.39, 0.29) is 17.0 Å². The molecule has 1 atom stereocenters. The van der Waals surface area contributed by atoms with Crippen molar-refractivity contribution >= 4 is 45.1 Å². The van der Waals surface area contributed by atoms with Gasteiger partial charge in [-0.1, -0.05) is 35.3 Å². The third kappa shape index (κ3) is 4.31. The third-order valence-electron chi connectivity index (χ3n) is 4.55. The van der Waals surface area contributed by atoms with Gasteiger partial charge in [-0.3, -0.25) is 4.57 Å². The monoisotopic (exact) mass is 545 g/mol. The summed E-state index contributed by atoms with van der Waals surface area (Å²) in [5.74, 6) is -2.06. The van der Waals surface area contributed by atoms with Crippen LogP contribution < -0.4 is 9.84 Å². The second-order valence-corrected chi connectivity index (χ2v) is 8.33. The van der Waals surface area contributed by atoms with Crippen LogP contribution in [-0.4, -0.2) is 10.5 Å². The fourth-order valence-corrected chi connectivity index (χ4v) is 4.05. The number of rotatable bonds is 5. The highest BCUT2D eigenvalue weighted by atomic mass is 79.9. The van der Waals surface area contributed by atoms with Gasteiger partial charge in [0.1, 0.15) is 23.5 Å². The molecule has 0 N–H and O–H groups in total.